The zero-order valence-corrected chi connectivity index (χ0v) is 15.4. The maximum Gasteiger partial charge on any atom is 0.244 e. The Labute approximate surface area is 162 Å². The van der Waals surface area contributed by atoms with Gasteiger partial charge >= 0.3 is 0 Å². The van der Waals surface area contributed by atoms with E-state index in [0.29, 0.717) is 23.5 Å². The monoisotopic (exact) mass is 378 g/mol. The number of hydrogen-bond donors (Lipinski definition) is 2. The highest BCUT2D eigenvalue weighted by Crippen LogP contribution is 2.24. The van der Waals surface area contributed by atoms with Gasteiger partial charge in [0.05, 0.1) is 18.9 Å². The summed E-state index contributed by atoms with van der Waals surface area (Å²) in [7, 11) is 0. The van der Waals surface area contributed by atoms with Crippen LogP contribution >= 0.6 is 0 Å². The molecule has 0 atom stereocenters. The minimum absolute atomic E-state index is 0.210. The molecule has 0 unspecified atom stereocenters. The van der Waals surface area contributed by atoms with Crippen molar-refractivity contribution in [1.82, 2.24) is 20.5 Å². The Kier molecular flexibility index (Phi) is 5.51. The second kappa shape index (κ2) is 8.56. The fourth-order valence-electron chi connectivity index (χ4n) is 3.18. The number of H-pyrrole nitrogens is 1. The SMILES string of the molecule is O=C(/C=C/c1cccc(OC2CCCC2)c1)NCc1nc(-c2ccco2)n[nH]1. The first-order valence-electron chi connectivity index (χ1n) is 9.44. The molecule has 2 aromatic heterocycles. The molecule has 1 aromatic carbocycles. The minimum atomic E-state index is -0.210. The number of aromatic amines is 1. The molecule has 1 fully saturated rings. The van der Waals surface area contributed by atoms with E-state index in [1.807, 2.05) is 24.3 Å². The van der Waals surface area contributed by atoms with Crippen LogP contribution in [-0.2, 0) is 11.3 Å². The van der Waals surface area contributed by atoms with Crippen molar-refractivity contribution in [2.75, 3.05) is 0 Å². The molecule has 3 aromatic rings. The standard InChI is InChI=1S/C21H22N4O3/c26-20(22-14-19-23-21(25-24-19)18-9-4-12-27-18)11-10-15-5-3-8-17(13-15)28-16-6-1-2-7-16/h3-5,8-13,16H,1-2,6-7,14H2,(H,22,26)(H,23,24,25)/b11-10+. The van der Waals surface area contributed by atoms with Crippen molar-refractivity contribution in [3.63, 3.8) is 0 Å². The van der Waals surface area contributed by atoms with Crippen LogP contribution in [0.1, 0.15) is 37.1 Å². The van der Waals surface area contributed by atoms with Crippen molar-refractivity contribution in [3.8, 4) is 17.3 Å². The Morgan fingerprint density at radius 3 is 3.00 bits per heavy atom. The van der Waals surface area contributed by atoms with E-state index in [-0.39, 0.29) is 12.5 Å². The molecule has 7 nitrogen and oxygen atoms in total. The third kappa shape index (κ3) is 4.68. The van der Waals surface area contributed by atoms with Crippen LogP contribution in [-0.4, -0.2) is 27.2 Å². The van der Waals surface area contributed by atoms with Gasteiger partial charge in [-0.15, -0.1) is 5.10 Å². The molecule has 2 N–H and O–H groups in total. The van der Waals surface area contributed by atoms with Gasteiger partial charge in [-0.25, -0.2) is 4.98 Å². The number of carbonyl (C=O) groups is 1. The molecular weight excluding hydrogens is 356 g/mol. The average molecular weight is 378 g/mol. The van der Waals surface area contributed by atoms with Gasteiger partial charge in [0, 0.05) is 6.08 Å². The first-order chi connectivity index (χ1) is 13.8. The van der Waals surface area contributed by atoms with Gasteiger partial charge in [-0.05, 0) is 61.6 Å². The first kappa shape index (κ1) is 18.0. The lowest BCUT2D eigenvalue weighted by molar-refractivity contribution is -0.116. The van der Waals surface area contributed by atoms with Crippen LogP contribution in [0.15, 0.2) is 53.2 Å². The molecule has 1 aliphatic carbocycles. The van der Waals surface area contributed by atoms with Gasteiger partial charge in [-0.2, -0.15) is 0 Å². The van der Waals surface area contributed by atoms with Crippen molar-refractivity contribution in [2.45, 2.75) is 38.3 Å². The molecule has 0 radical (unpaired) electrons. The molecule has 0 aliphatic heterocycles. The van der Waals surface area contributed by atoms with Crippen molar-refractivity contribution >= 4 is 12.0 Å². The van der Waals surface area contributed by atoms with Crippen LogP contribution in [0.3, 0.4) is 0 Å². The molecular formula is C21H22N4O3. The highest BCUT2D eigenvalue weighted by molar-refractivity contribution is 5.91. The molecule has 28 heavy (non-hydrogen) atoms. The van der Waals surface area contributed by atoms with Gasteiger partial charge < -0.3 is 14.5 Å². The van der Waals surface area contributed by atoms with Crippen LogP contribution < -0.4 is 10.1 Å². The van der Waals surface area contributed by atoms with E-state index in [0.717, 1.165) is 24.2 Å². The number of nitrogens with one attached hydrogen (secondary N) is 2. The van der Waals surface area contributed by atoms with E-state index in [4.69, 9.17) is 9.15 Å². The number of nitrogens with zero attached hydrogens (tertiary/aromatic N) is 2. The van der Waals surface area contributed by atoms with E-state index in [1.165, 1.54) is 18.9 Å². The highest BCUT2D eigenvalue weighted by atomic mass is 16.5. The molecule has 1 amide bonds. The second-order valence-electron chi connectivity index (χ2n) is 6.73. The lowest BCUT2D eigenvalue weighted by Crippen LogP contribution is -2.20. The van der Waals surface area contributed by atoms with Gasteiger partial charge in [-0.1, -0.05) is 12.1 Å². The number of furan rings is 1. The largest absolute Gasteiger partial charge is 0.490 e. The first-order valence-corrected chi connectivity index (χ1v) is 9.44. The quantitative estimate of drug-likeness (QED) is 0.611. The van der Waals surface area contributed by atoms with Crippen molar-refractivity contribution in [3.05, 3.63) is 60.1 Å². The average Bonchev–Trinajstić information content (AvgIpc) is 3.47. The van der Waals surface area contributed by atoms with Gasteiger partial charge in [0.15, 0.2) is 5.76 Å². The summed E-state index contributed by atoms with van der Waals surface area (Å²) in [5.41, 5.74) is 0.922. The maximum atomic E-state index is 12.1. The third-order valence-electron chi connectivity index (χ3n) is 4.59. The molecule has 0 saturated heterocycles. The molecule has 1 aliphatic rings. The summed E-state index contributed by atoms with van der Waals surface area (Å²) in [6, 6.07) is 11.3. The fourth-order valence-corrected chi connectivity index (χ4v) is 3.18. The summed E-state index contributed by atoms with van der Waals surface area (Å²) in [4.78, 5) is 16.4. The van der Waals surface area contributed by atoms with Gasteiger partial charge in [0.1, 0.15) is 11.6 Å². The Morgan fingerprint density at radius 2 is 2.18 bits per heavy atom. The van der Waals surface area contributed by atoms with Gasteiger partial charge in [0.25, 0.3) is 0 Å². The topological polar surface area (TPSA) is 93.0 Å². The Hall–Kier alpha value is -3.35. The summed E-state index contributed by atoms with van der Waals surface area (Å²) >= 11 is 0. The summed E-state index contributed by atoms with van der Waals surface area (Å²) in [5, 5.41) is 9.64. The van der Waals surface area contributed by atoms with E-state index < -0.39 is 0 Å². The molecule has 144 valence electrons. The molecule has 4 rings (SSSR count). The number of hydrogen-bond acceptors (Lipinski definition) is 5. The molecule has 2 heterocycles. The van der Waals surface area contributed by atoms with Crippen molar-refractivity contribution < 1.29 is 13.9 Å². The normalized spacial score (nSPS) is 14.6. The summed E-state index contributed by atoms with van der Waals surface area (Å²) < 4.78 is 11.2. The summed E-state index contributed by atoms with van der Waals surface area (Å²) in [6.07, 6.45) is 9.85. The predicted octanol–water partition coefficient (Wildman–Crippen LogP) is 3.72. The molecule has 1 saturated carbocycles. The number of carbonyl (C=O) groups excluding carboxylic acids is 1. The van der Waals surface area contributed by atoms with E-state index >= 15 is 0 Å². The number of amides is 1. The van der Waals surface area contributed by atoms with Crippen LogP contribution in [0.2, 0.25) is 0 Å². The van der Waals surface area contributed by atoms with E-state index in [9.17, 15) is 4.79 Å². The van der Waals surface area contributed by atoms with Crippen LogP contribution in [0.5, 0.6) is 5.75 Å². The Bertz CT molecular complexity index is 940. The van der Waals surface area contributed by atoms with Gasteiger partial charge in [-0.3, -0.25) is 9.89 Å². The Morgan fingerprint density at radius 1 is 1.29 bits per heavy atom. The summed E-state index contributed by atoms with van der Waals surface area (Å²) in [5.74, 6) is 2.23. The zero-order valence-electron chi connectivity index (χ0n) is 15.4. The number of aromatic nitrogens is 3. The van der Waals surface area contributed by atoms with E-state index in [1.54, 1.807) is 24.5 Å². The fraction of sp³-hybridized carbons (Fsp3) is 0.286. The lowest BCUT2D eigenvalue weighted by atomic mass is 10.2. The number of ether oxygens (including phenoxy) is 1. The third-order valence-corrected chi connectivity index (χ3v) is 4.59. The summed E-state index contributed by atoms with van der Waals surface area (Å²) in [6.45, 7) is 0.252. The van der Waals surface area contributed by atoms with Crippen molar-refractivity contribution in [2.24, 2.45) is 0 Å². The van der Waals surface area contributed by atoms with Gasteiger partial charge in [0.2, 0.25) is 11.7 Å². The zero-order chi connectivity index (χ0) is 19.2. The van der Waals surface area contributed by atoms with Crippen LogP contribution in [0.4, 0.5) is 0 Å². The number of benzene rings is 1. The highest BCUT2D eigenvalue weighted by Gasteiger charge is 2.16. The molecule has 7 heteroatoms. The van der Waals surface area contributed by atoms with Crippen LogP contribution in [0, 0.1) is 0 Å². The van der Waals surface area contributed by atoms with E-state index in [2.05, 4.69) is 20.5 Å². The Balaban J connectivity index is 1.29. The smallest absolute Gasteiger partial charge is 0.244 e. The molecule has 0 spiro atoms. The van der Waals surface area contributed by atoms with Crippen molar-refractivity contribution in [1.29, 1.82) is 0 Å². The minimum Gasteiger partial charge on any atom is -0.490 e. The molecule has 0 bridgehead atoms. The lowest BCUT2D eigenvalue weighted by Gasteiger charge is -2.13. The predicted molar refractivity (Wildman–Crippen MR) is 104 cm³/mol. The van der Waals surface area contributed by atoms with Crippen LogP contribution in [0.25, 0.3) is 17.7 Å². The second-order valence-corrected chi connectivity index (χ2v) is 6.73. The maximum absolute atomic E-state index is 12.1. The number of rotatable bonds is 7.